The van der Waals surface area contributed by atoms with Crippen LogP contribution in [-0.2, 0) is 24.0 Å². The molecule has 0 aromatic rings. The third-order valence-electron chi connectivity index (χ3n) is 3.55. The van der Waals surface area contributed by atoms with Crippen molar-refractivity contribution < 1.29 is 44.4 Å². The molecule has 3 amide bonds. The Bertz CT molecular complexity index is 594. The van der Waals surface area contributed by atoms with Gasteiger partial charge in [-0.25, -0.2) is 4.79 Å². The van der Waals surface area contributed by atoms with Crippen LogP contribution in [0.25, 0.3) is 0 Å². The van der Waals surface area contributed by atoms with Gasteiger partial charge in [-0.1, -0.05) is 0 Å². The summed E-state index contributed by atoms with van der Waals surface area (Å²) in [5.74, 6) is -5.58. The van der Waals surface area contributed by atoms with E-state index in [1.54, 1.807) is 0 Å². The lowest BCUT2D eigenvalue weighted by Gasteiger charge is -2.25. The molecule has 0 saturated heterocycles. The average Bonchev–Trinajstić information content (AvgIpc) is 2.59. The summed E-state index contributed by atoms with van der Waals surface area (Å²) in [6.45, 7) is 1.56. The number of rotatable bonds is 12. The highest BCUT2D eigenvalue weighted by molar-refractivity contribution is 5.94. The molecule has 5 atom stereocenters. The van der Waals surface area contributed by atoms with Crippen LogP contribution in [0.15, 0.2) is 0 Å². The zero-order chi connectivity index (χ0) is 22.0. The monoisotopic (exact) mass is 406 g/mol. The number of hydrogen-bond donors (Lipinski definition) is 8. The number of carboxylic acid groups (broad SMARTS) is 2. The highest BCUT2D eigenvalue weighted by atomic mass is 16.4. The number of amides is 3. The van der Waals surface area contributed by atoms with E-state index in [1.807, 2.05) is 5.32 Å². The molecule has 0 saturated carbocycles. The lowest BCUT2D eigenvalue weighted by atomic mass is 10.1. The summed E-state index contributed by atoms with van der Waals surface area (Å²) in [6, 6.07) is -5.64. The maximum Gasteiger partial charge on any atom is 0.328 e. The van der Waals surface area contributed by atoms with Gasteiger partial charge in [0.15, 0.2) is 0 Å². The molecule has 0 spiro atoms. The van der Waals surface area contributed by atoms with Gasteiger partial charge < -0.3 is 42.1 Å². The summed E-state index contributed by atoms with van der Waals surface area (Å²) in [5.41, 5.74) is 5.39. The number of nitrogens with two attached hydrogens (primary N) is 1. The van der Waals surface area contributed by atoms with Crippen LogP contribution < -0.4 is 21.7 Å². The van der Waals surface area contributed by atoms with Crippen LogP contribution in [-0.4, -0.2) is 87.0 Å². The molecule has 160 valence electrons. The van der Waals surface area contributed by atoms with Crippen molar-refractivity contribution in [3.05, 3.63) is 0 Å². The van der Waals surface area contributed by atoms with Crippen molar-refractivity contribution in [1.29, 1.82) is 0 Å². The standard InChI is InChI=1S/C15H26N4O9/c1-6(16)12(24)17-8(3-4-10(22)23)13(25)19-11(7(2)21)14(26)18-9(5-20)15(27)28/h6-9,11,20-21H,3-5,16H2,1-2H3,(H,17,24)(H,18,26)(H,19,25)(H,22,23)(H,27,28). The minimum absolute atomic E-state index is 0.317. The van der Waals surface area contributed by atoms with Crippen molar-refractivity contribution in [3.8, 4) is 0 Å². The molecule has 9 N–H and O–H groups in total. The van der Waals surface area contributed by atoms with Gasteiger partial charge in [0, 0.05) is 6.42 Å². The summed E-state index contributed by atoms with van der Waals surface area (Å²) in [7, 11) is 0. The zero-order valence-electron chi connectivity index (χ0n) is 15.4. The van der Waals surface area contributed by atoms with E-state index in [0.717, 1.165) is 6.92 Å². The lowest BCUT2D eigenvalue weighted by Crippen LogP contribution is -2.60. The topological polar surface area (TPSA) is 228 Å². The molecule has 0 aromatic carbocycles. The van der Waals surface area contributed by atoms with Gasteiger partial charge in [-0.05, 0) is 20.3 Å². The number of carboxylic acids is 2. The SMILES string of the molecule is CC(N)C(=O)NC(CCC(=O)O)C(=O)NC(C(=O)NC(CO)C(=O)O)C(C)O. The van der Waals surface area contributed by atoms with E-state index in [2.05, 4.69) is 10.6 Å². The Labute approximate surface area is 160 Å². The van der Waals surface area contributed by atoms with Crippen LogP contribution in [0.5, 0.6) is 0 Å². The van der Waals surface area contributed by atoms with E-state index in [0.29, 0.717) is 0 Å². The van der Waals surface area contributed by atoms with Gasteiger partial charge in [-0.3, -0.25) is 19.2 Å². The summed E-state index contributed by atoms with van der Waals surface area (Å²) < 4.78 is 0. The predicted octanol–water partition coefficient (Wildman–Crippen LogP) is -3.89. The van der Waals surface area contributed by atoms with Crippen molar-refractivity contribution in [3.63, 3.8) is 0 Å². The quantitative estimate of drug-likeness (QED) is 0.157. The fourth-order valence-corrected chi connectivity index (χ4v) is 1.95. The number of aliphatic hydroxyl groups excluding tert-OH is 2. The van der Waals surface area contributed by atoms with E-state index in [4.69, 9.17) is 21.1 Å². The molecule has 0 rings (SSSR count). The number of carbonyl (C=O) groups excluding carboxylic acids is 3. The van der Waals surface area contributed by atoms with E-state index in [-0.39, 0.29) is 6.42 Å². The second kappa shape index (κ2) is 11.8. The molecule has 0 fully saturated rings. The Morgan fingerprint density at radius 3 is 1.82 bits per heavy atom. The largest absolute Gasteiger partial charge is 0.481 e. The fourth-order valence-electron chi connectivity index (χ4n) is 1.95. The van der Waals surface area contributed by atoms with Crippen LogP contribution in [0.1, 0.15) is 26.7 Å². The number of nitrogens with one attached hydrogen (secondary N) is 3. The second-order valence-corrected chi connectivity index (χ2v) is 6.09. The summed E-state index contributed by atoms with van der Waals surface area (Å²) in [5, 5.41) is 42.6. The molecule has 0 aromatic heterocycles. The molecule has 13 nitrogen and oxygen atoms in total. The van der Waals surface area contributed by atoms with Crippen molar-refractivity contribution in [2.45, 2.75) is 57.0 Å². The smallest absolute Gasteiger partial charge is 0.328 e. The molecule has 0 heterocycles. The zero-order valence-corrected chi connectivity index (χ0v) is 15.4. The molecule has 0 bridgehead atoms. The molecule has 13 heteroatoms. The number of aliphatic hydroxyl groups is 2. The predicted molar refractivity (Wildman–Crippen MR) is 92.7 cm³/mol. The third kappa shape index (κ3) is 8.75. The first-order valence-electron chi connectivity index (χ1n) is 8.30. The number of carbonyl (C=O) groups is 5. The lowest BCUT2D eigenvalue weighted by molar-refractivity contribution is -0.144. The Morgan fingerprint density at radius 2 is 1.43 bits per heavy atom. The molecule has 0 radical (unpaired) electrons. The van der Waals surface area contributed by atoms with Gasteiger partial charge in [-0.15, -0.1) is 0 Å². The Morgan fingerprint density at radius 1 is 0.893 bits per heavy atom. The fraction of sp³-hybridized carbons (Fsp3) is 0.667. The van der Waals surface area contributed by atoms with Gasteiger partial charge in [-0.2, -0.15) is 0 Å². The van der Waals surface area contributed by atoms with Crippen LogP contribution >= 0.6 is 0 Å². The van der Waals surface area contributed by atoms with Gasteiger partial charge in [0.1, 0.15) is 18.1 Å². The molecular formula is C15H26N4O9. The minimum atomic E-state index is -1.66. The summed E-state index contributed by atoms with van der Waals surface area (Å²) in [4.78, 5) is 57.9. The molecule has 5 unspecified atom stereocenters. The van der Waals surface area contributed by atoms with Gasteiger partial charge in [0.05, 0.1) is 18.8 Å². The highest BCUT2D eigenvalue weighted by Gasteiger charge is 2.32. The van der Waals surface area contributed by atoms with Crippen LogP contribution in [0.3, 0.4) is 0 Å². The normalized spacial score (nSPS) is 16.0. The van der Waals surface area contributed by atoms with Crippen molar-refractivity contribution in [1.82, 2.24) is 16.0 Å². The van der Waals surface area contributed by atoms with E-state index >= 15 is 0 Å². The summed E-state index contributed by atoms with van der Waals surface area (Å²) >= 11 is 0. The van der Waals surface area contributed by atoms with Crippen LogP contribution in [0, 0.1) is 0 Å². The van der Waals surface area contributed by atoms with Gasteiger partial charge in [0.25, 0.3) is 0 Å². The Hall–Kier alpha value is -2.77. The maximum absolute atomic E-state index is 12.4. The third-order valence-corrected chi connectivity index (χ3v) is 3.55. The molecule has 0 aliphatic rings. The van der Waals surface area contributed by atoms with Crippen LogP contribution in [0.2, 0.25) is 0 Å². The molecular weight excluding hydrogens is 380 g/mol. The van der Waals surface area contributed by atoms with Crippen molar-refractivity contribution in [2.75, 3.05) is 6.61 Å². The average molecular weight is 406 g/mol. The van der Waals surface area contributed by atoms with E-state index in [1.165, 1.54) is 6.92 Å². The number of hydrogen-bond acceptors (Lipinski definition) is 8. The Kier molecular flexibility index (Phi) is 10.7. The number of aliphatic carboxylic acids is 2. The molecule has 0 aliphatic heterocycles. The van der Waals surface area contributed by atoms with Crippen molar-refractivity contribution >= 4 is 29.7 Å². The van der Waals surface area contributed by atoms with Gasteiger partial charge >= 0.3 is 11.9 Å². The Balaban J connectivity index is 5.30. The minimum Gasteiger partial charge on any atom is -0.481 e. The molecule has 28 heavy (non-hydrogen) atoms. The first kappa shape index (κ1) is 25.2. The molecule has 0 aliphatic carbocycles. The van der Waals surface area contributed by atoms with Crippen LogP contribution in [0.4, 0.5) is 0 Å². The van der Waals surface area contributed by atoms with Gasteiger partial charge in [0.2, 0.25) is 17.7 Å². The maximum atomic E-state index is 12.4. The highest BCUT2D eigenvalue weighted by Crippen LogP contribution is 2.02. The van der Waals surface area contributed by atoms with E-state index in [9.17, 15) is 29.1 Å². The first-order valence-corrected chi connectivity index (χ1v) is 8.30. The summed E-state index contributed by atoms with van der Waals surface area (Å²) in [6.07, 6.45) is -2.27. The van der Waals surface area contributed by atoms with E-state index < -0.39 is 73.0 Å². The second-order valence-electron chi connectivity index (χ2n) is 6.09. The first-order chi connectivity index (χ1) is 12.9. The van der Waals surface area contributed by atoms with Crippen molar-refractivity contribution in [2.24, 2.45) is 5.73 Å².